The minimum absolute atomic E-state index is 0.0347. The van der Waals surface area contributed by atoms with Crippen molar-refractivity contribution < 1.29 is 12.8 Å². The molecule has 8 heteroatoms. The second-order valence-corrected chi connectivity index (χ2v) is 6.34. The average molecular weight is 274 g/mol. The third kappa shape index (κ3) is 2.87. The van der Waals surface area contributed by atoms with Gasteiger partial charge in [-0.2, -0.15) is 4.98 Å². The molecule has 0 amide bonds. The molecule has 2 rings (SSSR count). The fraction of sp³-hybridized carbons (Fsp3) is 0.600. The Balaban J connectivity index is 2.20. The average Bonchev–Trinajstić information content (AvgIpc) is 2.32. The molecule has 1 fully saturated rings. The Morgan fingerprint density at radius 1 is 1.44 bits per heavy atom. The highest BCUT2D eigenvalue weighted by Crippen LogP contribution is 2.19. The van der Waals surface area contributed by atoms with E-state index in [2.05, 4.69) is 15.3 Å². The molecule has 0 atom stereocenters. The molecule has 0 aliphatic carbocycles. The molecular weight excluding hydrogens is 259 g/mol. The van der Waals surface area contributed by atoms with Crippen LogP contribution in [0.1, 0.15) is 6.92 Å². The van der Waals surface area contributed by atoms with Gasteiger partial charge in [0.05, 0.1) is 17.7 Å². The fourth-order valence-electron chi connectivity index (χ4n) is 1.75. The lowest BCUT2D eigenvalue weighted by atomic mass is 10.4. The lowest BCUT2D eigenvalue weighted by molar-refractivity contribution is 0.577. The minimum atomic E-state index is -2.98. The van der Waals surface area contributed by atoms with Gasteiger partial charge in [0.15, 0.2) is 21.5 Å². The van der Waals surface area contributed by atoms with Crippen molar-refractivity contribution in [3.8, 4) is 0 Å². The molecule has 1 aliphatic rings. The minimum Gasteiger partial charge on any atom is -0.354 e. The zero-order valence-electron chi connectivity index (χ0n) is 10.1. The quantitative estimate of drug-likeness (QED) is 0.853. The maximum absolute atomic E-state index is 13.6. The van der Waals surface area contributed by atoms with Crippen molar-refractivity contribution >= 4 is 21.6 Å². The predicted octanol–water partition coefficient (Wildman–Crippen LogP) is 0.282. The van der Waals surface area contributed by atoms with Crippen LogP contribution in [0.5, 0.6) is 0 Å². The lowest BCUT2D eigenvalue weighted by Crippen LogP contribution is -2.41. The molecule has 1 N–H and O–H groups in total. The number of aromatic nitrogens is 2. The van der Waals surface area contributed by atoms with E-state index in [0.717, 1.165) is 6.20 Å². The first-order chi connectivity index (χ1) is 8.52. The summed E-state index contributed by atoms with van der Waals surface area (Å²) in [5.74, 6) is 0.0501. The third-order valence-electron chi connectivity index (χ3n) is 2.70. The first kappa shape index (κ1) is 13.0. The molecule has 0 unspecified atom stereocenters. The van der Waals surface area contributed by atoms with E-state index in [1.165, 1.54) is 0 Å². The number of anilines is 2. The van der Waals surface area contributed by atoms with Crippen molar-refractivity contribution in [2.24, 2.45) is 0 Å². The predicted molar refractivity (Wildman–Crippen MR) is 67.0 cm³/mol. The molecule has 1 aromatic rings. The van der Waals surface area contributed by atoms with Gasteiger partial charge in [0.2, 0.25) is 5.95 Å². The van der Waals surface area contributed by atoms with Crippen molar-refractivity contribution in [2.75, 3.05) is 41.4 Å². The molecule has 1 saturated heterocycles. The first-order valence-electron chi connectivity index (χ1n) is 5.73. The van der Waals surface area contributed by atoms with E-state index < -0.39 is 15.7 Å². The zero-order chi connectivity index (χ0) is 13.2. The Morgan fingerprint density at radius 2 is 2.11 bits per heavy atom. The summed E-state index contributed by atoms with van der Waals surface area (Å²) < 4.78 is 36.3. The molecule has 1 aromatic heterocycles. The summed E-state index contributed by atoms with van der Waals surface area (Å²) in [5.41, 5.74) is 0. The second-order valence-electron chi connectivity index (χ2n) is 4.03. The van der Waals surface area contributed by atoms with Crippen LogP contribution in [0.25, 0.3) is 0 Å². The summed E-state index contributed by atoms with van der Waals surface area (Å²) in [5, 5.41) is 2.90. The van der Waals surface area contributed by atoms with Gasteiger partial charge < -0.3 is 10.2 Å². The number of nitrogens with one attached hydrogen (secondary N) is 1. The highest BCUT2D eigenvalue weighted by Gasteiger charge is 2.24. The highest BCUT2D eigenvalue weighted by atomic mass is 32.2. The van der Waals surface area contributed by atoms with Gasteiger partial charge >= 0.3 is 0 Å². The largest absolute Gasteiger partial charge is 0.354 e. The van der Waals surface area contributed by atoms with Gasteiger partial charge in [-0.25, -0.2) is 17.8 Å². The molecule has 0 radical (unpaired) electrons. The van der Waals surface area contributed by atoms with Crippen molar-refractivity contribution in [3.63, 3.8) is 0 Å². The maximum atomic E-state index is 13.6. The number of rotatable bonds is 3. The summed E-state index contributed by atoms with van der Waals surface area (Å²) in [4.78, 5) is 9.52. The van der Waals surface area contributed by atoms with E-state index in [9.17, 15) is 12.8 Å². The van der Waals surface area contributed by atoms with Crippen LogP contribution in [0.2, 0.25) is 0 Å². The molecule has 0 spiro atoms. The normalized spacial score (nSPS) is 18.7. The van der Waals surface area contributed by atoms with E-state index in [0.29, 0.717) is 12.5 Å². The SMILES string of the molecule is CCNc1ncc(F)c(N2CCS(=O)(=O)CC2)n1. The van der Waals surface area contributed by atoms with Crippen LogP contribution in [-0.4, -0.2) is 49.5 Å². The molecule has 18 heavy (non-hydrogen) atoms. The Bertz CT molecular complexity index is 521. The smallest absolute Gasteiger partial charge is 0.224 e. The summed E-state index contributed by atoms with van der Waals surface area (Å²) in [7, 11) is -2.98. The third-order valence-corrected chi connectivity index (χ3v) is 4.31. The highest BCUT2D eigenvalue weighted by molar-refractivity contribution is 7.91. The van der Waals surface area contributed by atoms with Gasteiger partial charge in [0.25, 0.3) is 0 Å². The van der Waals surface area contributed by atoms with Gasteiger partial charge in [-0.3, -0.25) is 0 Å². The number of sulfone groups is 1. The van der Waals surface area contributed by atoms with Gasteiger partial charge in [-0.05, 0) is 6.92 Å². The number of hydrogen-bond acceptors (Lipinski definition) is 6. The van der Waals surface area contributed by atoms with Crippen LogP contribution in [0.3, 0.4) is 0 Å². The van der Waals surface area contributed by atoms with Crippen molar-refractivity contribution in [2.45, 2.75) is 6.92 Å². The van der Waals surface area contributed by atoms with Gasteiger partial charge in [-0.1, -0.05) is 0 Å². The van der Waals surface area contributed by atoms with Gasteiger partial charge in [0, 0.05) is 19.6 Å². The topological polar surface area (TPSA) is 75.2 Å². The Kier molecular flexibility index (Phi) is 3.65. The van der Waals surface area contributed by atoms with Crippen molar-refractivity contribution in [3.05, 3.63) is 12.0 Å². The number of halogens is 1. The molecule has 1 aliphatic heterocycles. The zero-order valence-corrected chi connectivity index (χ0v) is 10.9. The van der Waals surface area contributed by atoms with Crippen LogP contribution in [-0.2, 0) is 9.84 Å². The standard InChI is InChI=1S/C10H15FN4O2S/c1-2-12-10-13-7-8(11)9(14-10)15-3-5-18(16,17)6-4-15/h7H,2-6H2,1H3,(H,12,13,14). The second kappa shape index (κ2) is 5.05. The van der Waals surface area contributed by atoms with E-state index in [4.69, 9.17) is 0 Å². The summed E-state index contributed by atoms with van der Waals surface area (Å²) in [6.45, 7) is 3.06. The molecule has 6 nitrogen and oxygen atoms in total. The number of nitrogens with zero attached hydrogens (tertiary/aromatic N) is 3. The van der Waals surface area contributed by atoms with E-state index in [1.807, 2.05) is 6.92 Å². The molecule has 2 heterocycles. The van der Waals surface area contributed by atoms with Crippen LogP contribution in [0.15, 0.2) is 6.20 Å². The Morgan fingerprint density at radius 3 is 2.72 bits per heavy atom. The summed E-state index contributed by atoms with van der Waals surface area (Å²) in [6, 6.07) is 0. The van der Waals surface area contributed by atoms with Gasteiger partial charge in [-0.15, -0.1) is 0 Å². The summed E-state index contributed by atoms with van der Waals surface area (Å²) in [6.07, 6.45) is 1.10. The van der Waals surface area contributed by atoms with Gasteiger partial charge in [0.1, 0.15) is 0 Å². The Hall–Kier alpha value is -1.44. The molecule has 0 aromatic carbocycles. The maximum Gasteiger partial charge on any atom is 0.224 e. The van der Waals surface area contributed by atoms with Crippen molar-refractivity contribution in [1.82, 2.24) is 9.97 Å². The monoisotopic (exact) mass is 274 g/mol. The Labute approximate surface area is 105 Å². The first-order valence-corrected chi connectivity index (χ1v) is 7.56. The summed E-state index contributed by atoms with van der Waals surface area (Å²) >= 11 is 0. The van der Waals surface area contributed by atoms with E-state index in [-0.39, 0.29) is 30.4 Å². The lowest BCUT2D eigenvalue weighted by Gasteiger charge is -2.27. The molecular formula is C10H15FN4O2S. The van der Waals surface area contributed by atoms with Crippen LogP contribution in [0, 0.1) is 5.82 Å². The number of hydrogen-bond donors (Lipinski definition) is 1. The molecule has 0 bridgehead atoms. The van der Waals surface area contributed by atoms with Crippen LogP contribution >= 0.6 is 0 Å². The van der Waals surface area contributed by atoms with E-state index >= 15 is 0 Å². The van der Waals surface area contributed by atoms with Crippen molar-refractivity contribution in [1.29, 1.82) is 0 Å². The van der Waals surface area contributed by atoms with Crippen LogP contribution in [0.4, 0.5) is 16.2 Å². The van der Waals surface area contributed by atoms with Crippen LogP contribution < -0.4 is 10.2 Å². The van der Waals surface area contributed by atoms with E-state index in [1.54, 1.807) is 4.90 Å². The molecule has 0 saturated carbocycles. The fourth-order valence-corrected chi connectivity index (χ4v) is 2.95. The molecule has 100 valence electrons.